The Labute approximate surface area is 139 Å². The van der Waals surface area contributed by atoms with Crippen LogP contribution in [0.1, 0.15) is 30.9 Å². The number of likely N-dealkylation sites (tertiary alicyclic amines) is 1. The Morgan fingerprint density at radius 3 is 2.39 bits per heavy atom. The van der Waals surface area contributed by atoms with Crippen molar-refractivity contribution in [1.29, 1.82) is 0 Å². The van der Waals surface area contributed by atoms with Gasteiger partial charge in [0, 0.05) is 25.4 Å². The third-order valence-electron chi connectivity index (χ3n) is 4.45. The molecule has 1 aliphatic rings. The fourth-order valence-corrected chi connectivity index (χ4v) is 4.23. The van der Waals surface area contributed by atoms with E-state index in [9.17, 15) is 13.2 Å². The average molecular weight is 338 g/mol. The summed E-state index contributed by atoms with van der Waals surface area (Å²) in [4.78, 5) is 13.9. The smallest absolute Gasteiger partial charge is 0.317 e. The zero-order valence-electron chi connectivity index (χ0n) is 13.9. The molecule has 1 N–H and O–H groups in total. The standard InChI is InChI=1S/C17H26N2O3S/c1-3-23(21,22)16-9-12-19(13-10-16)17(20)18-11-8-15-6-4-14(2)5-7-15/h4-7,16H,3,8-13H2,1-2H3,(H,18,20). The van der Waals surface area contributed by atoms with E-state index >= 15 is 0 Å². The summed E-state index contributed by atoms with van der Waals surface area (Å²) in [6.45, 7) is 5.35. The van der Waals surface area contributed by atoms with E-state index in [1.54, 1.807) is 11.8 Å². The summed E-state index contributed by atoms with van der Waals surface area (Å²) in [5, 5.41) is 2.63. The number of hydrogen-bond acceptors (Lipinski definition) is 3. The van der Waals surface area contributed by atoms with Crippen molar-refractivity contribution in [1.82, 2.24) is 10.2 Å². The highest BCUT2D eigenvalue weighted by molar-refractivity contribution is 7.92. The molecule has 0 bridgehead atoms. The lowest BCUT2D eigenvalue weighted by Crippen LogP contribution is -2.47. The van der Waals surface area contributed by atoms with Crippen molar-refractivity contribution >= 4 is 15.9 Å². The number of carbonyl (C=O) groups is 1. The lowest BCUT2D eigenvalue weighted by atomic mass is 10.1. The Bertz CT molecular complexity index is 618. The summed E-state index contributed by atoms with van der Waals surface area (Å²) in [6.07, 6.45) is 1.88. The third kappa shape index (κ3) is 4.96. The number of benzene rings is 1. The van der Waals surface area contributed by atoms with Gasteiger partial charge in [0.05, 0.1) is 5.25 Å². The minimum absolute atomic E-state index is 0.0931. The van der Waals surface area contributed by atoms with Crippen molar-refractivity contribution in [2.24, 2.45) is 0 Å². The van der Waals surface area contributed by atoms with Crippen molar-refractivity contribution in [3.8, 4) is 0 Å². The van der Waals surface area contributed by atoms with Gasteiger partial charge in [0.25, 0.3) is 0 Å². The number of hydrogen-bond donors (Lipinski definition) is 1. The molecule has 0 saturated carbocycles. The molecular formula is C17H26N2O3S. The molecule has 1 aliphatic heterocycles. The predicted molar refractivity (Wildman–Crippen MR) is 92.3 cm³/mol. The molecule has 0 radical (unpaired) electrons. The maximum atomic E-state index is 12.1. The molecule has 0 unspecified atom stereocenters. The van der Waals surface area contributed by atoms with Gasteiger partial charge in [-0.3, -0.25) is 0 Å². The molecule has 2 rings (SSSR count). The molecule has 1 aromatic rings. The van der Waals surface area contributed by atoms with E-state index < -0.39 is 9.84 Å². The molecule has 1 saturated heterocycles. The molecule has 0 aromatic heterocycles. The maximum Gasteiger partial charge on any atom is 0.317 e. The normalized spacial score (nSPS) is 16.3. The molecule has 1 heterocycles. The number of sulfone groups is 1. The van der Waals surface area contributed by atoms with Crippen LogP contribution in [-0.2, 0) is 16.3 Å². The van der Waals surface area contributed by atoms with Crippen molar-refractivity contribution in [2.45, 2.75) is 38.4 Å². The molecule has 0 aliphatic carbocycles. The molecule has 128 valence electrons. The molecule has 1 fully saturated rings. The number of amides is 2. The van der Waals surface area contributed by atoms with Crippen LogP contribution >= 0.6 is 0 Å². The Balaban J connectivity index is 1.74. The van der Waals surface area contributed by atoms with Gasteiger partial charge in [-0.1, -0.05) is 36.8 Å². The number of nitrogens with zero attached hydrogens (tertiary/aromatic N) is 1. The van der Waals surface area contributed by atoms with Crippen LogP contribution in [0.4, 0.5) is 4.79 Å². The van der Waals surface area contributed by atoms with E-state index in [0.29, 0.717) is 32.5 Å². The van der Waals surface area contributed by atoms with Gasteiger partial charge in [-0.05, 0) is 31.7 Å². The average Bonchev–Trinajstić information content (AvgIpc) is 2.56. The highest BCUT2D eigenvalue weighted by atomic mass is 32.2. The van der Waals surface area contributed by atoms with Crippen LogP contribution < -0.4 is 5.32 Å². The van der Waals surface area contributed by atoms with Crippen LogP contribution in [0.3, 0.4) is 0 Å². The Morgan fingerprint density at radius 2 is 1.83 bits per heavy atom. The topological polar surface area (TPSA) is 66.5 Å². The minimum Gasteiger partial charge on any atom is -0.338 e. The van der Waals surface area contributed by atoms with Crippen molar-refractivity contribution in [2.75, 3.05) is 25.4 Å². The largest absolute Gasteiger partial charge is 0.338 e. The van der Waals surface area contributed by atoms with Gasteiger partial charge < -0.3 is 10.2 Å². The van der Waals surface area contributed by atoms with Crippen LogP contribution in [0, 0.1) is 6.92 Å². The van der Waals surface area contributed by atoms with Gasteiger partial charge in [-0.15, -0.1) is 0 Å². The number of aryl methyl sites for hydroxylation is 1. The molecular weight excluding hydrogens is 312 g/mol. The lowest BCUT2D eigenvalue weighted by Gasteiger charge is -2.31. The first-order valence-electron chi connectivity index (χ1n) is 8.22. The first kappa shape index (κ1) is 17.8. The van der Waals surface area contributed by atoms with E-state index in [1.807, 2.05) is 6.92 Å². The maximum absolute atomic E-state index is 12.1. The van der Waals surface area contributed by atoms with Gasteiger partial charge >= 0.3 is 6.03 Å². The molecule has 6 heteroatoms. The first-order chi connectivity index (χ1) is 10.9. The molecule has 0 spiro atoms. The van der Waals surface area contributed by atoms with Crippen molar-refractivity contribution in [3.63, 3.8) is 0 Å². The van der Waals surface area contributed by atoms with E-state index in [0.717, 1.165) is 6.42 Å². The van der Waals surface area contributed by atoms with Crippen molar-refractivity contribution < 1.29 is 13.2 Å². The fourth-order valence-electron chi connectivity index (χ4n) is 2.83. The van der Waals surface area contributed by atoms with Crippen LogP contribution in [0.5, 0.6) is 0 Å². The lowest BCUT2D eigenvalue weighted by molar-refractivity contribution is 0.187. The van der Waals surface area contributed by atoms with Gasteiger partial charge in [0.1, 0.15) is 0 Å². The van der Waals surface area contributed by atoms with Crippen LogP contribution in [0.2, 0.25) is 0 Å². The SMILES string of the molecule is CCS(=O)(=O)C1CCN(C(=O)NCCc2ccc(C)cc2)CC1. The van der Waals surface area contributed by atoms with E-state index in [2.05, 4.69) is 29.6 Å². The molecule has 2 amide bonds. The van der Waals surface area contributed by atoms with Gasteiger partial charge in [0.2, 0.25) is 0 Å². The molecule has 0 atom stereocenters. The first-order valence-corrected chi connectivity index (χ1v) is 9.94. The Kier molecular flexibility index (Phi) is 6.04. The molecule has 23 heavy (non-hydrogen) atoms. The number of rotatable bonds is 5. The Hall–Kier alpha value is -1.56. The molecule has 5 nitrogen and oxygen atoms in total. The van der Waals surface area contributed by atoms with Gasteiger partial charge in [-0.2, -0.15) is 0 Å². The summed E-state index contributed by atoms with van der Waals surface area (Å²) in [5.74, 6) is 0.181. The summed E-state index contributed by atoms with van der Waals surface area (Å²) in [5.41, 5.74) is 2.42. The van der Waals surface area contributed by atoms with E-state index in [-0.39, 0.29) is 17.0 Å². The van der Waals surface area contributed by atoms with Crippen molar-refractivity contribution in [3.05, 3.63) is 35.4 Å². The Morgan fingerprint density at radius 1 is 1.22 bits per heavy atom. The van der Waals surface area contributed by atoms with E-state index in [1.165, 1.54) is 11.1 Å². The highest BCUT2D eigenvalue weighted by Crippen LogP contribution is 2.18. The monoisotopic (exact) mass is 338 g/mol. The highest BCUT2D eigenvalue weighted by Gasteiger charge is 2.30. The summed E-state index contributed by atoms with van der Waals surface area (Å²) >= 11 is 0. The predicted octanol–water partition coefficient (Wildman–Crippen LogP) is 2.15. The second kappa shape index (κ2) is 7.81. The second-order valence-corrected chi connectivity index (χ2v) is 8.68. The molecule has 1 aromatic carbocycles. The van der Waals surface area contributed by atoms with E-state index in [4.69, 9.17) is 0 Å². The second-order valence-electron chi connectivity index (χ2n) is 6.11. The van der Waals surface area contributed by atoms with Crippen LogP contribution in [0.15, 0.2) is 24.3 Å². The van der Waals surface area contributed by atoms with Gasteiger partial charge in [-0.25, -0.2) is 13.2 Å². The third-order valence-corrected chi connectivity index (χ3v) is 6.74. The zero-order chi connectivity index (χ0) is 16.9. The number of piperidine rings is 1. The summed E-state index contributed by atoms with van der Waals surface area (Å²) in [7, 11) is -2.99. The summed E-state index contributed by atoms with van der Waals surface area (Å²) < 4.78 is 23.7. The minimum atomic E-state index is -2.99. The van der Waals surface area contributed by atoms with Crippen LogP contribution in [-0.4, -0.2) is 50.0 Å². The summed E-state index contributed by atoms with van der Waals surface area (Å²) in [6, 6.07) is 8.18. The zero-order valence-corrected chi connectivity index (χ0v) is 14.7. The number of nitrogens with one attached hydrogen (secondary N) is 1. The quantitative estimate of drug-likeness (QED) is 0.894. The fraction of sp³-hybridized carbons (Fsp3) is 0.588. The number of urea groups is 1. The number of carbonyl (C=O) groups excluding carboxylic acids is 1. The van der Waals surface area contributed by atoms with Crippen LogP contribution in [0.25, 0.3) is 0 Å². The van der Waals surface area contributed by atoms with Gasteiger partial charge in [0.15, 0.2) is 9.84 Å².